The monoisotopic (exact) mass is 514 g/mol. The maximum Gasteiger partial charge on any atom is 0.226 e. The van der Waals surface area contributed by atoms with E-state index in [0.717, 1.165) is 28.3 Å². The van der Waals surface area contributed by atoms with Crippen molar-refractivity contribution >= 4 is 28.9 Å². The van der Waals surface area contributed by atoms with Gasteiger partial charge in [-0.1, -0.05) is 18.2 Å². The largest absolute Gasteiger partial charge is 0.352 e. The minimum Gasteiger partial charge on any atom is -0.352 e. The first kappa shape index (κ1) is 24.6. The number of carbonyl (C=O) groups is 1. The Balaban J connectivity index is 1.47. The average molecular weight is 515 g/mol. The van der Waals surface area contributed by atoms with Gasteiger partial charge < -0.3 is 20.1 Å². The highest BCUT2D eigenvalue weighted by Crippen LogP contribution is 2.41. The summed E-state index contributed by atoms with van der Waals surface area (Å²) in [6, 6.07) is 17.6. The van der Waals surface area contributed by atoms with Crippen molar-refractivity contribution < 1.29 is 9.18 Å². The van der Waals surface area contributed by atoms with Crippen molar-refractivity contribution in [1.29, 1.82) is 0 Å². The van der Waals surface area contributed by atoms with Gasteiger partial charge >= 0.3 is 0 Å². The lowest BCUT2D eigenvalue weighted by molar-refractivity contribution is -0.116. The summed E-state index contributed by atoms with van der Waals surface area (Å²) >= 11 is 5.75. The summed E-state index contributed by atoms with van der Waals surface area (Å²) in [5.41, 5.74) is 5.21. The summed E-state index contributed by atoms with van der Waals surface area (Å²) < 4.78 is 16.2. The molecule has 1 aliphatic heterocycles. The number of anilines is 1. The Labute approximate surface area is 220 Å². The second-order valence-electron chi connectivity index (χ2n) is 8.97. The molecule has 188 valence electrons. The van der Waals surface area contributed by atoms with E-state index in [1.165, 1.54) is 6.07 Å². The zero-order valence-corrected chi connectivity index (χ0v) is 21.4. The van der Waals surface area contributed by atoms with Gasteiger partial charge in [-0.05, 0) is 74.1 Å². The number of nitrogens with zero attached hydrogens (tertiary/aromatic N) is 4. The molecule has 9 heteroatoms. The number of rotatable bonds is 7. The quantitative estimate of drug-likeness (QED) is 0.337. The van der Waals surface area contributed by atoms with Crippen molar-refractivity contribution in [1.82, 2.24) is 24.8 Å². The molecule has 1 aromatic carbocycles. The third-order valence-electron chi connectivity index (χ3n) is 6.62. The predicted octanol–water partition coefficient (Wildman–Crippen LogP) is 5.02. The number of carbonyl (C=O) groups excluding carboxylic acids is 1. The molecule has 4 heterocycles. The summed E-state index contributed by atoms with van der Waals surface area (Å²) in [5, 5.41) is 6.64. The number of pyridine rings is 2. The fourth-order valence-corrected chi connectivity index (χ4v) is 5.28. The van der Waals surface area contributed by atoms with Crippen LogP contribution in [-0.4, -0.2) is 37.0 Å². The second kappa shape index (κ2) is 10.5. The van der Waals surface area contributed by atoms with E-state index in [1.54, 1.807) is 30.6 Å². The first-order valence-electron chi connectivity index (χ1n) is 12.1. The van der Waals surface area contributed by atoms with Crippen LogP contribution in [0.3, 0.4) is 0 Å². The van der Waals surface area contributed by atoms with Crippen LogP contribution in [0.1, 0.15) is 41.1 Å². The number of benzene rings is 1. The average Bonchev–Trinajstić information content (AvgIpc) is 3.39. The maximum atomic E-state index is 14.0. The lowest BCUT2D eigenvalue weighted by Gasteiger charge is -2.28. The smallest absolute Gasteiger partial charge is 0.226 e. The molecule has 3 aromatic heterocycles. The lowest BCUT2D eigenvalue weighted by atomic mass is 9.96. The summed E-state index contributed by atoms with van der Waals surface area (Å²) in [5.74, 6) is -0.751. The van der Waals surface area contributed by atoms with Gasteiger partial charge in [0.05, 0.1) is 35.3 Å². The summed E-state index contributed by atoms with van der Waals surface area (Å²) in [6.45, 7) is 4.50. The van der Waals surface area contributed by atoms with Crippen LogP contribution in [0.15, 0.2) is 79.3 Å². The van der Waals surface area contributed by atoms with Crippen LogP contribution in [0, 0.1) is 19.7 Å². The summed E-state index contributed by atoms with van der Waals surface area (Å²) in [7, 11) is 0. The number of amides is 1. The lowest BCUT2D eigenvalue weighted by Crippen LogP contribution is -2.33. The minimum absolute atomic E-state index is 0.142. The molecule has 7 nitrogen and oxygen atoms in total. The van der Waals surface area contributed by atoms with Gasteiger partial charge in [-0.15, -0.1) is 0 Å². The van der Waals surface area contributed by atoms with E-state index < -0.39 is 5.82 Å². The van der Waals surface area contributed by atoms with E-state index in [9.17, 15) is 9.18 Å². The van der Waals surface area contributed by atoms with Crippen molar-refractivity contribution in [2.24, 2.45) is 0 Å². The number of para-hydroxylation sites is 1. The van der Waals surface area contributed by atoms with E-state index in [0.29, 0.717) is 11.7 Å². The van der Waals surface area contributed by atoms with Gasteiger partial charge in [-0.2, -0.15) is 0 Å². The number of aromatic nitrogens is 3. The molecule has 37 heavy (non-hydrogen) atoms. The van der Waals surface area contributed by atoms with Crippen molar-refractivity contribution in [3.63, 3.8) is 0 Å². The number of hydrogen-bond acceptors (Lipinski definition) is 4. The highest BCUT2D eigenvalue weighted by atomic mass is 32.1. The van der Waals surface area contributed by atoms with Crippen LogP contribution in [0.2, 0.25) is 0 Å². The van der Waals surface area contributed by atoms with Crippen molar-refractivity contribution in [2.75, 3.05) is 11.9 Å². The second-order valence-corrected chi connectivity index (χ2v) is 9.36. The third-order valence-corrected chi connectivity index (χ3v) is 6.97. The van der Waals surface area contributed by atoms with Gasteiger partial charge in [-0.3, -0.25) is 14.8 Å². The van der Waals surface area contributed by atoms with E-state index >= 15 is 0 Å². The highest BCUT2D eigenvalue weighted by Gasteiger charge is 2.41. The molecule has 1 amide bonds. The number of thiocarbonyl (C=S) groups is 1. The zero-order valence-electron chi connectivity index (χ0n) is 20.6. The van der Waals surface area contributed by atoms with Crippen LogP contribution in [0.4, 0.5) is 10.1 Å². The molecule has 0 radical (unpaired) electrons. The summed E-state index contributed by atoms with van der Waals surface area (Å²) in [4.78, 5) is 23.7. The van der Waals surface area contributed by atoms with Gasteiger partial charge in [0.25, 0.3) is 0 Å². The molecular weight excluding hydrogens is 487 g/mol. The Hall–Kier alpha value is -4.11. The number of hydrogen-bond donors (Lipinski definition) is 2. The molecule has 1 fully saturated rings. The Morgan fingerprint density at radius 1 is 1.11 bits per heavy atom. The molecular formula is C28H27FN6OS. The summed E-state index contributed by atoms with van der Waals surface area (Å²) in [6.07, 6.45) is 5.49. The van der Waals surface area contributed by atoms with Crippen LogP contribution < -0.4 is 10.6 Å². The molecule has 1 aliphatic rings. The van der Waals surface area contributed by atoms with E-state index in [1.807, 2.05) is 41.4 Å². The van der Waals surface area contributed by atoms with Gasteiger partial charge in [-0.25, -0.2) is 4.39 Å². The Kier molecular flexibility index (Phi) is 6.96. The zero-order chi connectivity index (χ0) is 25.9. The van der Waals surface area contributed by atoms with Crippen LogP contribution in [0.5, 0.6) is 0 Å². The third kappa shape index (κ3) is 4.95. The van der Waals surface area contributed by atoms with E-state index in [4.69, 9.17) is 12.2 Å². The first-order valence-corrected chi connectivity index (χ1v) is 12.5. The Morgan fingerprint density at radius 3 is 2.65 bits per heavy atom. The van der Waals surface area contributed by atoms with Gasteiger partial charge in [0, 0.05) is 36.7 Å². The number of aryl methyl sites for hydroxylation is 1. The van der Waals surface area contributed by atoms with E-state index in [-0.39, 0.29) is 30.1 Å². The topological polar surface area (TPSA) is 75.1 Å². The predicted molar refractivity (Wildman–Crippen MR) is 145 cm³/mol. The molecule has 0 unspecified atom stereocenters. The highest BCUT2D eigenvalue weighted by molar-refractivity contribution is 7.80. The molecule has 2 atom stereocenters. The Morgan fingerprint density at radius 2 is 1.92 bits per heavy atom. The van der Waals surface area contributed by atoms with Gasteiger partial charge in [0.1, 0.15) is 5.82 Å². The Bertz CT molecular complexity index is 1430. The van der Waals surface area contributed by atoms with E-state index in [2.05, 4.69) is 45.1 Å². The van der Waals surface area contributed by atoms with Crippen LogP contribution in [0.25, 0.3) is 5.69 Å². The fourth-order valence-electron chi connectivity index (χ4n) is 4.95. The number of halogens is 1. The maximum absolute atomic E-state index is 14.0. The molecule has 0 spiro atoms. The minimum atomic E-state index is -0.467. The first-order chi connectivity index (χ1) is 17.9. The molecule has 4 aromatic rings. The van der Waals surface area contributed by atoms with Crippen molar-refractivity contribution in [2.45, 2.75) is 32.4 Å². The SMILES string of the molecule is Cc1cc([C@H]2[C@@H](c3ccccn3)NC(=S)N2CCC(=O)Nc2ccccc2F)c(C)n1-c1cccnc1. The fraction of sp³-hybridized carbons (Fsp3) is 0.214. The molecule has 1 saturated heterocycles. The molecule has 5 rings (SSSR count). The standard InChI is InChI=1S/C28H27FN6OS/c1-18-16-21(19(2)35(18)20-8-7-13-30-17-20)27-26(24-11-5-6-14-31-24)33-28(37)34(27)15-12-25(36)32-23-10-4-3-9-22(23)29/h3-11,13-14,16-17,26-27H,12,15H2,1-2H3,(H,32,36)(H,33,37)/t26-,27+/m1/s1. The van der Waals surface area contributed by atoms with Crippen LogP contribution in [-0.2, 0) is 4.79 Å². The molecule has 0 aliphatic carbocycles. The van der Waals surface area contributed by atoms with Gasteiger partial charge in [0.15, 0.2) is 5.11 Å². The molecule has 0 bridgehead atoms. The van der Waals surface area contributed by atoms with Crippen LogP contribution >= 0.6 is 12.2 Å². The molecule has 0 saturated carbocycles. The normalized spacial score (nSPS) is 17.1. The van der Waals surface area contributed by atoms with Gasteiger partial charge in [0.2, 0.25) is 5.91 Å². The molecule has 2 N–H and O–H groups in total. The van der Waals surface area contributed by atoms with Crippen molar-refractivity contribution in [3.8, 4) is 5.69 Å². The number of nitrogens with one attached hydrogen (secondary N) is 2. The van der Waals surface area contributed by atoms with Crippen molar-refractivity contribution in [3.05, 3.63) is 108 Å².